The Morgan fingerprint density at radius 1 is 1.17 bits per heavy atom. The van der Waals surface area contributed by atoms with Crippen LogP contribution in [0.3, 0.4) is 0 Å². The zero-order valence-electron chi connectivity index (χ0n) is 13.3. The van der Waals surface area contributed by atoms with Gasteiger partial charge in [-0.1, -0.05) is 36.4 Å². The van der Waals surface area contributed by atoms with E-state index in [2.05, 4.69) is 29.2 Å². The Kier molecular flexibility index (Phi) is 4.81. The van der Waals surface area contributed by atoms with Gasteiger partial charge in [-0.3, -0.25) is 4.79 Å². The lowest BCUT2D eigenvalue weighted by atomic mass is 10.1. The number of hydrogen-bond acceptors (Lipinski definition) is 4. The molecular formula is C19H21NO3. The van der Waals surface area contributed by atoms with Crippen molar-refractivity contribution in [3.8, 4) is 5.75 Å². The van der Waals surface area contributed by atoms with E-state index >= 15 is 0 Å². The highest BCUT2D eigenvalue weighted by Crippen LogP contribution is 2.32. The van der Waals surface area contributed by atoms with Crippen LogP contribution in [0.15, 0.2) is 48.5 Å². The van der Waals surface area contributed by atoms with E-state index in [1.807, 2.05) is 24.3 Å². The average molecular weight is 311 g/mol. The molecule has 0 amide bonds. The number of methoxy groups -OCH3 is 1. The van der Waals surface area contributed by atoms with Crippen molar-refractivity contribution < 1.29 is 14.3 Å². The van der Waals surface area contributed by atoms with Crippen LogP contribution in [0, 0.1) is 0 Å². The Balaban J connectivity index is 1.65. The zero-order valence-corrected chi connectivity index (χ0v) is 13.3. The molecule has 3 rings (SSSR count). The van der Waals surface area contributed by atoms with Gasteiger partial charge in [-0.15, -0.1) is 0 Å². The van der Waals surface area contributed by atoms with Gasteiger partial charge in [0.05, 0.1) is 13.5 Å². The van der Waals surface area contributed by atoms with Crippen molar-refractivity contribution in [3.63, 3.8) is 0 Å². The van der Waals surface area contributed by atoms with Crippen molar-refractivity contribution in [2.75, 3.05) is 25.1 Å². The van der Waals surface area contributed by atoms with E-state index in [1.165, 1.54) is 18.4 Å². The second-order valence-corrected chi connectivity index (χ2v) is 5.63. The van der Waals surface area contributed by atoms with E-state index in [0.29, 0.717) is 19.6 Å². The Morgan fingerprint density at radius 3 is 2.78 bits per heavy atom. The van der Waals surface area contributed by atoms with E-state index < -0.39 is 0 Å². The van der Waals surface area contributed by atoms with Crippen LogP contribution in [0.2, 0.25) is 0 Å². The molecule has 4 heteroatoms. The van der Waals surface area contributed by atoms with Gasteiger partial charge in [0.15, 0.2) is 0 Å². The molecule has 0 radical (unpaired) electrons. The van der Waals surface area contributed by atoms with Crippen molar-refractivity contribution in [2.45, 2.75) is 19.4 Å². The summed E-state index contributed by atoms with van der Waals surface area (Å²) in [5.74, 6) is 0.688. The van der Waals surface area contributed by atoms with Gasteiger partial charge in [-0.2, -0.15) is 0 Å². The van der Waals surface area contributed by atoms with Gasteiger partial charge in [-0.25, -0.2) is 0 Å². The number of rotatable bonds is 6. The molecule has 120 valence electrons. The van der Waals surface area contributed by atoms with Gasteiger partial charge in [0.1, 0.15) is 12.4 Å². The van der Waals surface area contributed by atoms with E-state index in [-0.39, 0.29) is 5.97 Å². The van der Waals surface area contributed by atoms with Crippen LogP contribution >= 0.6 is 0 Å². The molecule has 1 aliphatic rings. The minimum Gasteiger partial charge on any atom is -0.489 e. The molecule has 0 aromatic heterocycles. The number of hydrogen-bond donors (Lipinski definition) is 0. The molecule has 2 aromatic carbocycles. The molecular weight excluding hydrogens is 290 g/mol. The third kappa shape index (κ3) is 3.83. The molecule has 2 aromatic rings. The summed E-state index contributed by atoms with van der Waals surface area (Å²) in [7, 11) is 1.43. The average Bonchev–Trinajstić information content (AvgIpc) is 3.01. The number of anilines is 1. The molecule has 0 N–H and O–H groups in total. The van der Waals surface area contributed by atoms with Gasteiger partial charge < -0.3 is 14.4 Å². The fraction of sp³-hybridized carbons (Fsp3) is 0.316. The SMILES string of the molecule is COC(=O)CCN1CCc2ccc(OCc3ccccc3)cc21. The van der Waals surface area contributed by atoms with Gasteiger partial charge >= 0.3 is 5.97 Å². The van der Waals surface area contributed by atoms with Crippen molar-refractivity contribution in [1.82, 2.24) is 0 Å². The van der Waals surface area contributed by atoms with Gasteiger partial charge in [0, 0.05) is 24.8 Å². The monoisotopic (exact) mass is 311 g/mol. The fourth-order valence-corrected chi connectivity index (χ4v) is 2.82. The van der Waals surface area contributed by atoms with Crippen molar-refractivity contribution >= 4 is 11.7 Å². The fourth-order valence-electron chi connectivity index (χ4n) is 2.82. The predicted molar refractivity (Wildman–Crippen MR) is 89.8 cm³/mol. The summed E-state index contributed by atoms with van der Waals surface area (Å²) >= 11 is 0. The molecule has 0 atom stereocenters. The lowest BCUT2D eigenvalue weighted by Gasteiger charge is -2.19. The largest absolute Gasteiger partial charge is 0.489 e. The van der Waals surface area contributed by atoms with E-state index in [9.17, 15) is 4.79 Å². The normalized spacial score (nSPS) is 12.8. The third-order valence-electron chi connectivity index (χ3n) is 4.11. The van der Waals surface area contributed by atoms with Crippen LogP contribution in [-0.2, 0) is 22.6 Å². The molecule has 0 aliphatic carbocycles. The molecule has 1 heterocycles. The van der Waals surface area contributed by atoms with Crippen LogP contribution in [-0.4, -0.2) is 26.2 Å². The van der Waals surface area contributed by atoms with Crippen LogP contribution < -0.4 is 9.64 Å². The van der Waals surface area contributed by atoms with Gasteiger partial charge in [0.2, 0.25) is 0 Å². The molecule has 0 saturated heterocycles. The third-order valence-corrected chi connectivity index (χ3v) is 4.11. The number of benzene rings is 2. The molecule has 4 nitrogen and oxygen atoms in total. The Morgan fingerprint density at radius 2 is 2.00 bits per heavy atom. The lowest BCUT2D eigenvalue weighted by molar-refractivity contribution is -0.140. The van der Waals surface area contributed by atoms with Crippen LogP contribution in [0.1, 0.15) is 17.5 Å². The predicted octanol–water partition coefficient (Wildman–Crippen LogP) is 3.19. The number of nitrogens with zero attached hydrogens (tertiary/aromatic N) is 1. The highest BCUT2D eigenvalue weighted by molar-refractivity contribution is 5.70. The number of esters is 1. The van der Waals surface area contributed by atoms with Crippen molar-refractivity contribution in [2.24, 2.45) is 0 Å². The highest BCUT2D eigenvalue weighted by Gasteiger charge is 2.20. The summed E-state index contributed by atoms with van der Waals surface area (Å²) in [5.41, 5.74) is 3.62. The van der Waals surface area contributed by atoms with Crippen LogP contribution in [0.5, 0.6) is 5.75 Å². The maximum Gasteiger partial charge on any atom is 0.307 e. The molecule has 0 fully saturated rings. The first kappa shape index (κ1) is 15.4. The first-order chi connectivity index (χ1) is 11.3. The second kappa shape index (κ2) is 7.18. The topological polar surface area (TPSA) is 38.8 Å². The summed E-state index contributed by atoms with van der Waals surface area (Å²) in [5, 5.41) is 0. The number of ether oxygens (including phenoxy) is 2. The van der Waals surface area contributed by atoms with Gasteiger partial charge in [0.25, 0.3) is 0 Å². The summed E-state index contributed by atoms with van der Waals surface area (Å²) in [6.45, 7) is 2.18. The molecule has 0 saturated carbocycles. The summed E-state index contributed by atoms with van der Waals surface area (Å²) in [4.78, 5) is 13.6. The standard InChI is InChI=1S/C19H21NO3/c1-22-19(21)10-12-20-11-9-16-7-8-17(13-18(16)20)23-14-15-5-3-2-4-6-15/h2-8,13H,9-12,14H2,1H3. The van der Waals surface area contributed by atoms with E-state index in [4.69, 9.17) is 9.47 Å². The molecule has 1 aliphatic heterocycles. The zero-order chi connectivity index (χ0) is 16.1. The lowest BCUT2D eigenvalue weighted by Crippen LogP contribution is -2.24. The first-order valence-corrected chi connectivity index (χ1v) is 7.87. The van der Waals surface area contributed by atoms with Gasteiger partial charge in [-0.05, 0) is 23.6 Å². The minimum atomic E-state index is -0.171. The Hall–Kier alpha value is -2.49. The molecule has 23 heavy (non-hydrogen) atoms. The molecule has 0 spiro atoms. The highest BCUT2D eigenvalue weighted by atomic mass is 16.5. The second-order valence-electron chi connectivity index (χ2n) is 5.63. The Bertz CT molecular complexity index is 670. The molecule has 0 unspecified atom stereocenters. The Labute approximate surface area is 136 Å². The molecule has 0 bridgehead atoms. The maximum atomic E-state index is 11.3. The smallest absolute Gasteiger partial charge is 0.307 e. The van der Waals surface area contributed by atoms with Crippen LogP contribution in [0.25, 0.3) is 0 Å². The number of carbonyl (C=O) groups excluding carboxylic acids is 1. The minimum absolute atomic E-state index is 0.171. The summed E-state index contributed by atoms with van der Waals surface area (Å²) < 4.78 is 10.6. The quantitative estimate of drug-likeness (QED) is 0.768. The maximum absolute atomic E-state index is 11.3. The summed E-state index contributed by atoms with van der Waals surface area (Å²) in [6, 6.07) is 16.3. The van der Waals surface area contributed by atoms with Crippen molar-refractivity contribution in [3.05, 3.63) is 59.7 Å². The van der Waals surface area contributed by atoms with Crippen LogP contribution in [0.4, 0.5) is 5.69 Å². The van der Waals surface area contributed by atoms with E-state index in [1.54, 1.807) is 0 Å². The van der Waals surface area contributed by atoms with E-state index in [0.717, 1.165) is 24.3 Å². The number of fused-ring (bicyclic) bond motifs is 1. The number of carbonyl (C=O) groups is 1. The summed E-state index contributed by atoms with van der Waals surface area (Å²) in [6.07, 6.45) is 1.42. The van der Waals surface area contributed by atoms with Crippen molar-refractivity contribution in [1.29, 1.82) is 0 Å². The first-order valence-electron chi connectivity index (χ1n) is 7.87.